The van der Waals surface area contributed by atoms with E-state index < -0.39 is 21.6 Å². The number of hydrogen-bond acceptors (Lipinski definition) is 5. The predicted octanol–water partition coefficient (Wildman–Crippen LogP) is -0.917. The molecular formula is C10H22N2O5S. The van der Waals surface area contributed by atoms with Crippen LogP contribution in [0.3, 0.4) is 0 Å². The van der Waals surface area contributed by atoms with Crippen LogP contribution in [0.5, 0.6) is 0 Å². The van der Waals surface area contributed by atoms with Crippen LogP contribution in [0.2, 0.25) is 0 Å². The summed E-state index contributed by atoms with van der Waals surface area (Å²) in [7, 11) is 0.00920. The first kappa shape index (κ1) is 17.3. The Morgan fingerprint density at radius 2 is 1.94 bits per heavy atom. The molecule has 0 heterocycles. The summed E-state index contributed by atoms with van der Waals surface area (Å²) in [5.41, 5.74) is -1.16. The van der Waals surface area contributed by atoms with Gasteiger partial charge in [0.05, 0.1) is 11.4 Å². The maximum atomic E-state index is 11.5. The number of carboxylic acids is 1. The summed E-state index contributed by atoms with van der Waals surface area (Å²) in [6, 6.07) is 0. The first-order valence-corrected chi connectivity index (χ1v) is 7.25. The first-order valence-electron chi connectivity index (χ1n) is 5.60. The number of hydrogen-bond donors (Lipinski definition) is 3. The Morgan fingerprint density at radius 1 is 1.39 bits per heavy atom. The molecule has 0 aromatic carbocycles. The molecule has 0 spiro atoms. The van der Waals surface area contributed by atoms with Gasteiger partial charge in [-0.15, -0.1) is 0 Å². The molecule has 0 aliphatic rings. The molecule has 0 rings (SSSR count). The first-order chi connectivity index (χ1) is 8.04. The number of sulfonamides is 1. The van der Waals surface area contributed by atoms with Crippen LogP contribution < -0.4 is 4.72 Å². The third-order valence-electron chi connectivity index (χ3n) is 2.13. The van der Waals surface area contributed by atoms with E-state index in [9.17, 15) is 18.3 Å². The average Bonchev–Trinajstić information content (AvgIpc) is 2.12. The Hall–Kier alpha value is -0.700. The van der Waals surface area contributed by atoms with Gasteiger partial charge in [-0.2, -0.15) is 0 Å². The fourth-order valence-corrected chi connectivity index (χ4v) is 2.69. The monoisotopic (exact) mass is 282 g/mol. The van der Waals surface area contributed by atoms with E-state index in [1.54, 1.807) is 19.0 Å². The third kappa shape index (κ3) is 9.34. The number of aliphatic carboxylic acids is 1. The number of rotatable bonds is 9. The van der Waals surface area contributed by atoms with E-state index in [4.69, 9.17) is 5.11 Å². The summed E-state index contributed by atoms with van der Waals surface area (Å²) in [5.74, 6) is -1.28. The maximum Gasteiger partial charge on any atom is 0.303 e. The van der Waals surface area contributed by atoms with Crippen molar-refractivity contribution in [1.82, 2.24) is 9.62 Å². The number of nitrogens with zero attached hydrogens (tertiary/aromatic N) is 1. The van der Waals surface area contributed by atoms with Crippen molar-refractivity contribution >= 4 is 16.0 Å². The molecule has 108 valence electrons. The topological polar surface area (TPSA) is 107 Å². The molecule has 0 aliphatic carbocycles. The third-order valence-corrected chi connectivity index (χ3v) is 3.54. The van der Waals surface area contributed by atoms with Crippen molar-refractivity contribution in [2.75, 3.05) is 32.9 Å². The lowest BCUT2D eigenvalue weighted by molar-refractivity contribution is -0.137. The number of aliphatic hydroxyl groups is 1. The summed E-state index contributed by atoms with van der Waals surface area (Å²) in [4.78, 5) is 12.0. The highest BCUT2D eigenvalue weighted by atomic mass is 32.2. The van der Waals surface area contributed by atoms with Crippen molar-refractivity contribution < 1.29 is 23.4 Å². The van der Waals surface area contributed by atoms with Crippen LogP contribution in [-0.2, 0) is 14.8 Å². The zero-order valence-electron chi connectivity index (χ0n) is 11.0. The molecule has 1 atom stereocenters. The van der Waals surface area contributed by atoms with Crippen LogP contribution in [-0.4, -0.2) is 68.0 Å². The van der Waals surface area contributed by atoms with Crippen LogP contribution in [0.4, 0.5) is 0 Å². The van der Waals surface area contributed by atoms with Crippen LogP contribution in [0, 0.1) is 0 Å². The van der Waals surface area contributed by atoms with Gasteiger partial charge in [0.25, 0.3) is 0 Å². The molecule has 0 fully saturated rings. The molecule has 7 nitrogen and oxygen atoms in total. The SMILES string of the molecule is CN(C)CC(C)(O)CNS(=O)(=O)CCCC(=O)O. The van der Waals surface area contributed by atoms with E-state index in [1.165, 1.54) is 6.92 Å². The molecule has 1 unspecified atom stereocenters. The molecule has 0 saturated carbocycles. The maximum absolute atomic E-state index is 11.5. The molecule has 0 amide bonds. The van der Waals surface area contributed by atoms with Gasteiger partial charge < -0.3 is 15.1 Å². The molecule has 0 aliphatic heterocycles. The molecule has 0 aromatic heterocycles. The van der Waals surface area contributed by atoms with E-state index in [-0.39, 0.29) is 25.1 Å². The molecule has 0 aromatic rings. The van der Waals surface area contributed by atoms with Crippen molar-refractivity contribution in [3.8, 4) is 0 Å². The Balaban J connectivity index is 4.14. The minimum Gasteiger partial charge on any atom is -0.481 e. The van der Waals surface area contributed by atoms with Gasteiger partial charge in [0.15, 0.2) is 0 Å². The average molecular weight is 282 g/mol. The normalized spacial score (nSPS) is 15.6. The number of nitrogens with one attached hydrogen (secondary N) is 1. The minimum absolute atomic E-state index is 0.0560. The van der Waals surface area contributed by atoms with Crippen molar-refractivity contribution in [2.24, 2.45) is 0 Å². The second-order valence-electron chi connectivity index (χ2n) is 4.87. The number of carbonyl (C=O) groups is 1. The van der Waals surface area contributed by atoms with Gasteiger partial charge >= 0.3 is 5.97 Å². The molecular weight excluding hydrogens is 260 g/mol. The number of likely N-dealkylation sites (N-methyl/N-ethyl adjacent to an activating group) is 1. The molecule has 18 heavy (non-hydrogen) atoms. The highest BCUT2D eigenvalue weighted by molar-refractivity contribution is 7.89. The lowest BCUT2D eigenvalue weighted by Gasteiger charge is -2.26. The van der Waals surface area contributed by atoms with Crippen LogP contribution in [0.25, 0.3) is 0 Å². The molecule has 0 saturated heterocycles. The van der Waals surface area contributed by atoms with Crippen molar-refractivity contribution in [3.63, 3.8) is 0 Å². The second kappa shape index (κ2) is 7.03. The Kier molecular flexibility index (Phi) is 6.76. The van der Waals surface area contributed by atoms with Crippen LogP contribution >= 0.6 is 0 Å². The molecule has 8 heteroatoms. The van der Waals surface area contributed by atoms with Gasteiger partial charge in [0.2, 0.25) is 10.0 Å². The van der Waals surface area contributed by atoms with Gasteiger partial charge in [0.1, 0.15) is 0 Å². The van der Waals surface area contributed by atoms with Gasteiger partial charge in [-0.05, 0) is 27.4 Å². The van der Waals surface area contributed by atoms with Gasteiger partial charge in [0, 0.05) is 19.5 Å². The standard InChI is InChI=1S/C10H22N2O5S/c1-10(15,8-12(2)3)7-11-18(16,17)6-4-5-9(13)14/h11,15H,4-8H2,1-3H3,(H,13,14). The second-order valence-corrected chi connectivity index (χ2v) is 6.80. The fourth-order valence-electron chi connectivity index (χ4n) is 1.49. The van der Waals surface area contributed by atoms with Crippen molar-refractivity contribution in [2.45, 2.75) is 25.4 Å². The van der Waals surface area contributed by atoms with Gasteiger partial charge in [-0.1, -0.05) is 0 Å². The number of carboxylic acid groups (broad SMARTS) is 1. The summed E-state index contributed by atoms with van der Waals surface area (Å²) in [6.45, 7) is 1.76. The predicted molar refractivity (Wildman–Crippen MR) is 67.8 cm³/mol. The summed E-state index contributed by atoms with van der Waals surface area (Å²) < 4.78 is 25.3. The quantitative estimate of drug-likeness (QED) is 0.505. The van der Waals surface area contributed by atoms with E-state index in [0.717, 1.165) is 0 Å². The van der Waals surface area contributed by atoms with Crippen molar-refractivity contribution in [1.29, 1.82) is 0 Å². The zero-order chi connectivity index (χ0) is 14.4. The van der Waals surface area contributed by atoms with E-state index in [1.807, 2.05) is 0 Å². The van der Waals surface area contributed by atoms with E-state index >= 15 is 0 Å². The summed E-state index contributed by atoms with van der Waals surface area (Å²) >= 11 is 0. The summed E-state index contributed by atoms with van der Waals surface area (Å²) in [6.07, 6.45) is -0.129. The van der Waals surface area contributed by atoms with Crippen LogP contribution in [0.1, 0.15) is 19.8 Å². The summed E-state index contributed by atoms with van der Waals surface area (Å²) in [5, 5.41) is 18.3. The molecule has 0 bridgehead atoms. The van der Waals surface area contributed by atoms with Crippen molar-refractivity contribution in [3.05, 3.63) is 0 Å². The lowest BCUT2D eigenvalue weighted by atomic mass is 10.1. The van der Waals surface area contributed by atoms with Gasteiger partial charge in [-0.3, -0.25) is 4.79 Å². The molecule has 0 radical (unpaired) electrons. The highest BCUT2D eigenvalue weighted by Gasteiger charge is 2.23. The highest BCUT2D eigenvalue weighted by Crippen LogP contribution is 2.04. The Bertz CT molecular complexity index is 364. The lowest BCUT2D eigenvalue weighted by Crippen LogP contribution is -2.47. The van der Waals surface area contributed by atoms with Gasteiger partial charge in [-0.25, -0.2) is 13.1 Å². The molecule has 3 N–H and O–H groups in total. The van der Waals surface area contributed by atoms with E-state index in [2.05, 4.69) is 4.72 Å². The smallest absolute Gasteiger partial charge is 0.303 e. The van der Waals surface area contributed by atoms with E-state index in [0.29, 0.717) is 6.54 Å². The minimum atomic E-state index is -3.54. The fraction of sp³-hybridized carbons (Fsp3) is 0.900. The Labute approximate surface area is 108 Å². The Morgan fingerprint density at radius 3 is 2.39 bits per heavy atom. The zero-order valence-corrected chi connectivity index (χ0v) is 11.8. The largest absolute Gasteiger partial charge is 0.481 e. The van der Waals surface area contributed by atoms with Crippen LogP contribution in [0.15, 0.2) is 0 Å².